The van der Waals surface area contributed by atoms with Gasteiger partial charge in [0.15, 0.2) is 0 Å². The molecule has 1 N–H and O–H groups in total. The molecule has 1 aromatic rings. The minimum Gasteiger partial charge on any atom is -0.357 e. The van der Waals surface area contributed by atoms with Gasteiger partial charge in [0.2, 0.25) is 0 Å². The van der Waals surface area contributed by atoms with Gasteiger partial charge in [-0.15, -0.1) is 0 Å². The van der Waals surface area contributed by atoms with Crippen LogP contribution in [-0.2, 0) is 4.74 Å². The van der Waals surface area contributed by atoms with Gasteiger partial charge >= 0.3 is 0 Å². The van der Waals surface area contributed by atoms with E-state index in [4.69, 9.17) is 4.74 Å². The third-order valence-corrected chi connectivity index (χ3v) is 2.72. The van der Waals surface area contributed by atoms with Crippen LogP contribution in [0.5, 0.6) is 0 Å². The Morgan fingerprint density at radius 1 is 1.36 bits per heavy atom. The summed E-state index contributed by atoms with van der Waals surface area (Å²) >= 11 is 0. The summed E-state index contributed by atoms with van der Waals surface area (Å²) < 4.78 is 5.67. The third-order valence-electron chi connectivity index (χ3n) is 2.72. The fourth-order valence-electron chi connectivity index (χ4n) is 1.69. The number of benzene rings is 1. The molecule has 0 aliphatic carbocycles. The lowest BCUT2D eigenvalue weighted by atomic mass is 10.1. The van der Waals surface area contributed by atoms with Crippen molar-refractivity contribution < 1.29 is 4.74 Å². The van der Waals surface area contributed by atoms with E-state index in [1.807, 2.05) is 0 Å². The summed E-state index contributed by atoms with van der Waals surface area (Å²) in [5.74, 6) is 0. The van der Waals surface area contributed by atoms with Crippen LogP contribution < -0.4 is 5.32 Å². The molecule has 1 aliphatic heterocycles. The molecule has 0 aromatic heterocycles. The van der Waals surface area contributed by atoms with Crippen molar-refractivity contribution in [3.8, 4) is 0 Å². The lowest BCUT2D eigenvalue weighted by molar-refractivity contribution is 0.101. The van der Waals surface area contributed by atoms with Gasteiger partial charge in [0, 0.05) is 6.04 Å². The Bertz CT molecular complexity index is 294. The normalized spacial score (nSPS) is 26.7. The van der Waals surface area contributed by atoms with Crippen LogP contribution in [0.1, 0.15) is 30.7 Å². The van der Waals surface area contributed by atoms with Crippen molar-refractivity contribution in [3.05, 3.63) is 35.4 Å². The first-order valence-corrected chi connectivity index (χ1v) is 5.24. The number of hydrogen-bond donors (Lipinski definition) is 1. The topological polar surface area (TPSA) is 21.3 Å². The zero-order valence-corrected chi connectivity index (χ0v) is 8.79. The maximum Gasteiger partial charge on any atom is 0.134 e. The standard InChI is InChI=1S/C12H17NO/c1-3-11-8-14-12(13-11)10-6-4-9(2)5-7-10/h4-7,11-13H,3,8H2,1-2H3/t11-,12+/m1/s1. The van der Waals surface area contributed by atoms with Crippen molar-refractivity contribution >= 4 is 0 Å². The highest BCUT2D eigenvalue weighted by atomic mass is 16.5. The van der Waals surface area contributed by atoms with Crippen molar-refractivity contribution in [1.82, 2.24) is 5.32 Å². The van der Waals surface area contributed by atoms with Crippen molar-refractivity contribution in [1.29, 1.82) is 0 Å². The highest BCUT2D eigenvalue weighted by Gasteiger charge is 2.23. The van der Waals surface area contributed by atoms with Gasteiger partial charge in [0.1, 0.15) is 6.23 Å². The van der Waals surface area contributed by atoms with E-state index >= 15 is 0 Å². The highest BCUT2D eigenvalue weighted by molar-refractivity contribution is 5.23. The van der Waals surface area contributed by atoms with Gasteiger partial charge in [0.25, 0.3) is 0 Å². The number of ether oxygens (including phenoxy) is 1. The van der Waals surface area contributed by atoms with E-state index in [1.54, 1.807) is 0 Å². The molecule has 0 radical (unpaired) electrons. The molecule has 2 rings (SSSR count). The molecule has 0 bridgehead atoms. The summed E-state index contributed by atoms with van der Waals surface area (Å²) in [7, 11) is 0. The Morgan fingerprint density at radius 2 is 2.07 bits per heavy atom. The van der Waals surface area contributed by atoms with E-state index in [0.29, 0.717) is 6.04 Å². The predicted molar refractivity (Wildman–Crippen MR) is 57.1 cm³/mol. The van der Waals surface area contributed by atoms with Gasteiger partial charge in [-0.2, -0.15) is 0 Å². The quantitative estimate of drug-likeness (QED) is 0.775. The molecule has 14 heavy (non-hydrogen) atoms. The van der Waals surface area contributed by atoms with Gasteiger partial charge in [0.05, 0.1) is 6.61 Å². The van der Waals surface area contributed by atoms with Crippen molar-refractivity contribution in [3.63, 3.8) is 0 Å². The molecule has 1 fully saturated rings. The summed E-state index contributed by atoms with van der Waals surface area (Å²) in [6.07, 6.45) is 1.23. The molecule has 0 amide bonds. The Labute approximate surface area is 85.3 Å². The molecular formula is C12H17NO. The zero-order valence-electron chi connectivity index (χ0n) is 8.79. The summed E-state index contributed by atoms with van der Waals surface area (Å²) in [4.78, 5) is 0. The second kappa shape index (κ2) is 4.11. The Hall–Kier alpha value is -0.860. The minimum atomic E-state index is 0.0977. The SMILES string of the molecule is CC[C@@H]1CO[C@@H](c2ccc(C)cc2)N1. The first-order chi connectivity index (χ1) is 6.79. The van der Waals surface area contributed by atoms with Crippen LogP contribution in [-0.4, -0.2) is 12.6 Å². The number of aryl methyl sites for hydroxylation is 1. The van der Waals surface area contributed by atoms with Gasteiger partial charge < -0.3 is 4.74 Å². The molecule has 2 nitrogen and oxygen atoms in total. The van der Waals surface area contributed by atoms with Gasteiger partial charge in [-0.25, -0.2) is 0 Å². The van der Waals surface area contributed by atoms with Gasteiger partial charge in [-0.3, -0.25) is 5.32 Å². The van der Waals surface area contributed by atoms with Crippen LogP contribution in [0.2, 0.25) is 0 Å². The molecule has 1 aliphatic rings. The lowest BCUT2D eigenvalue weighted by Crippen LogP contribution is -2.24. The minimum absolute atomic E-state index is 0.0977. The largest absolute Gasteiger partial charge is 0.357 e. The average Bonchev–Trinajstić information content (AvgIpc) is 2.67. The van der Waals surface area contributed by atoms with Gasteiger partial charge in [-0.05, 0) is 18.9 Å². The fraction of sp³-hybridized carbons (Fsp3) is 0.500. The average molecular weight is 191 g/mol. The predicted octanol–water partition coefficient (Wildman–Crippen LogP) is 2.39. The fourth-order valence-corrected chi connectivity index (χ4v) is 1.69. The monoisotopic (exact) mass is 191 g/mol. The van der Waals surface area contributed by atoms with E-state index in [9.17, 15) is 0 Å². The second-order valence-electron chi connectivity index (χ2n) is 3.90. The first-order valence-electron chi connectivity index (χ1n) is 5.24. The molecule has 1 saturated heterocycles. The second-order valence-corrected chi connectivity index (χ2v) is 3.90. The summed E-state index contributed by atoms with van der Waals surface area (Å²) in [5.41, 5.74) is 2.52. The molecule has 2 heteroatoms. The number of hydrogen-bond acceptors (Lipinski definition) is 2. The third kappa shape index (κ3) is 1.97. The molecule has 2 atom stereocenters. The molecular weight excluding hydrogens is 174 g/mol. The van der Waals surface area contributed by atoms with E-state index in [-0.39, 0.29) is 6.23 Å². The number of nitrogens with one attached hydrogen (secondary N) is 1. The van der Waals surface area contributed by atoms with Crippen LogP contribution in [0.25, 0.3) is 0 Å². The first kappa shape index (κ1) is 9.69. The zero-order chi connectivity index (χ0) is 9.97. The van der Waals surface area contributed by atoms with E-state index in [2.05, 4.69) is 43.4 Å². The Morgan fingerprint density at radius 3 is 2.64 bits per heavy atom. The Balaban J connectivity index is 2.06. The maximum absolute atomic E-state index is 5.67. The van der Waals surface area contributed by atoms with E-state index < -0.39 is 0 Å². The lowest BCUT2D eigenvalue weighted by Gasteiger charge is -2.11. The molecule has 0 spiro atoms. The van der Waals surface area contributed by atoms with Crippen LogP contribution >= 0.6 is 0 Å². The van der Waals surface area contributed by atoms with E-state index in [0.717, 1.165) is 13.0 Å². The van der Waals surface area contributed by atoms with E-state index in [1.165, 1.54) is 11.1 Å². The molecule has 0 unspecified atom stereocenters. The summed E-state index contributed by atoms with van der Waals surface area (Å²) in [6, 6.07) is 9.02. The van der Waals surface area contributed by atoms with Crippen LogP contribution in [0, 0.1) is 6.92 Å². The summed E-state index contributed by atoms with van der Waals surface area (Å²) in [6.45, 7) is 5.11. The Kier molecular flexibility index (Phi) is 2.85. The van der Waals surface area contributed by atoms with Crippen molar-refractivity contribution in [2.24, 2.45) is 0 Å². The maximum atomic E-state index is 5.67. The van der Waals surface area contributed by atoms with Crippen LogP contribution in [0.15, 0.2) is 24.3 Å². The van der Waals surface area contributed by atoms with Crippen LogP contribution in [0.4, 0.5) is 0 Å². The molecule has 1 heterocycles. The van der Waals surface area contributed by atoms with Crippen molar-refractivity contribution in [2.45, 2.75) is 32.5 Å². The highest BCUT2D eigenvalue weighted by Crippen LogP contribution is 2.21. The number of rotatable bonds is 2. The van der Waals surface area contributed by atoms with Gasteiger partial charge in [-0.1, -0.05) is 36.8 Å². The van der Waals surface area contributed by atoms with Crippen molar-refractivity contribution in [2.75, 3.05) is 6.61 Å². The molecule has 76 valence electrons. The smallest absolute Gasteiger partial charge is 0.134 e. The molecule has 0 saturated carbocycles. The van der Waals surface area contributed by atoms with Crippen LogP contribution in [0.3, 0.4) is 0 Å². The summed E-state index contributed by atoms with van der Waals surface area (Å²) in [5, 5.41) is 3.45. The molecule has 1 aromatic carbocycles.